The third-order valence-corrected chi connectivity index (χ3v) is 4.51. The van der Waals surface area contributed by atoms with Gasteiger partial charge in [-0.25, -0.2) is 5.48 Å². The first-order valence-electron chi connectivity index (χ1n) is 9.04. The van der Waals surface area contributed by atoms with E-state index in [1.54, 1.807) is 32.0 Å². The zero-order valence-corrected chi connectivity index (χ0v) is 16.3. The van der Waals surface area contributed by atoms with E-state index in [0.717, 1.165) is 28.3 Å². The lowest BCUT2D eigenvalue weighted by molar-refractivity contribution is 0.0701. The zero-order valence-electron chi connectivity index (χ0n) is 16.3. The zero-order chi connectivity index (χ0) is 20.6. The molecular weight excluding hydrogens is 370 g/mol. The smallest absolute Gasteiger partial charge is 0.293 e. The Bertz CT molecular complexity index is 894. The maximum absolute atomic E-state index is 11.8. The number of benzene rings is 2. The van der Waals surface area contributed by atoms with E-state index >= 15 is 0 Å². The van der Waals surface area contributed by atoms with Crippen LogP contribution in [-0.2, 0) is 13.1 Å². The number of methoxy groups -OCH3 is 2. The summed E-state index contributed by atoms with van der Waals surface area (Å²) in [5.41, 5.74) is 4.75. The van der Waals surface area contributed by atoms with Crippen LogP contribution in [0.1, 0.15) is 21.6 Å². The summed E-state index contributed by atoms with van der Waals surface area (Å²) >= 11 is 0. The van der Waals surface area contributed by atoms with Crippen molar-refractivity contribution in [2.24, 2.45) is 0 Å². The van der Waals surface area contributed by atoms with E-state index in [1.807, 2.05) is 54.6 Å². The summed E-state index contributed by atoms with van der Waals surface area (Å²) in [6.07, 6.45) is 1.55. The van der Waals surface area contributed by atoms with Crippen molar-refractivity contribution >= 4 is 11.6 Å². The Morgan fingerprint density at radius 1 is 0.931 bits per heavy atom. The number of carbonyl (C=O) groups excluding carboxylic acids is 1. The Morgan fingerprint density at radius 2 is 1.45 bits per heavy atom. The number of amides is 1. The molecule has 1 amide bonds. The molecule has 3 aromatic rings. The van der Waals surface area contributed by atoms with E-state index < -0.39 is 5.91 Å². The molecule has 0 bridgehead atoms. The van der Waals surface area contributed by atoms with Gasteiger partial charge >= 0.3 is 0 Å². The van der Waals surface area contributed by atoms with E-state index in [-0.39, 0.29) is 5.69 Å². The molecule has 0 saturated heterocycles. The van der Waals surface area contributed by atoms with Crippen molar-refractivity contribution < 1.29 is 19.5 Å². The van der Waals surface area contributed by atoms with Crippen LogP contribution >= 0.6 is 0 Å². The largest absolute Gasteiger partial charge is 0.497 e. The van der Waals surface area contributed by atoms with Gasteiger partial charge in [0.05, 0.1) is 14.2 Å². The van der Waals surface area contributed by atoms with Crippen molar-refractivity contribution in [1.29, 1.82) is 0 Å². The van der Waals surface area contributed by atoms with Gasteiger partial charge in [0.15, 0.2) is 0 Å². The lowest BCUT2D eigenvalue weighted by Gasteiger charge is -2.25. The van der Waals surface area contributed by atoms with Gasteiger partial charge < -0.3 is 14.4 Å². The summed E-state index contributed by atoms with van der Waals surface area (Å²) in [5, 5.41) is 8.91. The molecule has 0 spiro atoms. The van der Waals surface area contributed by atoms with Crippen molar-refractivity contribution in [1.82, 2.24) is 10.5 Å². The van der Waals surface area contributed by atoms with Gasteiger partial charge in [-0.1, -0.05) is 24.3 Å². The molecule has 7 nitrogen and oxygen atoms in total. The number of rotatable bonds is 8. The first kappa shape index (κ1) is 20.2. The van der Waals surface area contributed by atoms with Crippen LogP contribution in [0.15, 0.2) is 66.9 Å². The second-order valence-corrected chi connectivity index (χ2v) is 6.39. The fraction of sp³-hybridized carbons (Fsp3) is 0.182. The maximum Gasteiger partial charge on any atom is 0.293 e. The van der Waals surface area contributed by atoms with E-state index in [2.05, 4.69) is 9.88 Å². The number of hydrogen-bond acceptors (Lipinski definition) is 6. The summed E-state index contributed by atoms with van der Waals surface area (Å²) in [5.74, 6) is 0.934. The molecule has 2 aromatic carbocycles. The average molecular weight is 393 g/mol. The number of nitrogens with one attached hydrogen (secondary N) is 1. The van der Waals surface area contributed by atoms with Crippen LogP contribution in [0.3, 0.4) is 0 Å². The monoisotopic (exact) mass is 393 g/mol. The second kappa shape index (κ2) is 9.57. The molecular formula is C22H23N3O4. The molecule has 0 atom stereocenters. The summed E-state index contributed by atoms with van der Waals surface area (Å²) in [4.78, 5) is 17.9. The Morgan fingerprint density at radius 3 is 1.90 bits per heavy atom. The Hall–Kier alpha value is -3.58. The molecule has 0 saturated carbocycles. The molecule has 3 rings (SSSR count). The van der Waals surface area contributed by atoms with E-state index in [1.165, 1.54) is 0 Å². The predicted molar refractivity (Wildman–Crippen MR) is 109 cm³/mol. The SMILES string of the molecule is COc1ccc(CN(Cc2ccc(OC)cc2)c2ccnc(C(=O)NO)c2)cc1. The second-order valence-electron chi connectivity index (χ2n) is 6.39. The quantitative estimate of drug-likeness (QED) is 0.451. The van der Waals surface area contributed by atoms with Crippen LogP contribution in [0, 0.1) is 0 Å². The Balaban J connectivity index is 1.90. The molecule has 150 valence electrons. The van der Waals surface area contributed by atoms with Gasteiger partial charge in [-0.2, -0.15) is 0 Å². The van der Waals surface area contributed by atoms with Crippen LogP contribution in [0.5, 0.6) is 11.5 Å². The van der Waals surface area contributed by atoms with Gasteiger partial charge in [-0.05, 0) is 47.5 Å². The van der Waals surface area contributed by atoms with Crippen LogP contribution in [0.2, 0.25) is 0 Å². The molecule has 0 unspecified atom stereocenters. The molecule has 0 aliphatic heterocycles. The number of nitrogens with zero attached hydrogens (tertiary/aromatic N) is 2. The van der Waals surface area contributed by atoms with Crippen molar-refractivity contribution in [2.75, 3.05) is 19.1 Å². The highest BCUT2D eigenvalue weighted by Gasteiger charge is 2.13. The molecule has 2 N–H and O–H groups in total. The van der Waals surface area contributed by atoms with E-state index in [9.17, 15) is 4.79 Å². The first-order valence-corrected chi connectivity index (χ1v) is 9.04. The lowest BCUT2D eigenvalue weighted by atomic mass is 10.1. The van der Waals surface area contributed by atoms with E-state index in [0.29, 0.717) is 13.1 Å². The van der Waals surface area contributed by atoms with Gasteiger partial charge in [0.1, 0.15) is 17.2 Å². The number of carbonyl (C=O) groups is 1. The van der Waals surface area contributed by atoms with Crippen LogP contribution in [0.25, 0.3) is 0 Å². The molecule has 0 radical (unpaired) electrons. The highest BCUT2D eigenvalue weighted by molar-refractivity contribution is 5.92. The third kappa shape index (κ3) is 5.24. The summed E-state index contributed by atoms with van der Waals surface area (Å²) in [7, 11) is 3.27. The molecule has 1 aromatic heterocycles. The average Bonchev–Trinajstić information content (AvgIpc) is 2.79. The number of hydroxylamine groups is 1. The number of ether oxygens (including phenoxy) is 2. The molecule has 0 aliphatic carbocycles. The van der Waals surface area contributed by atoms with Crippen LogP contribution in [-0.4, -0.2) is 30.3 Å². The third-order valence-electron chi connectivity index (χ3n) is 4.51. The maximum atomic E-state index is 11.8. The highest BCUT2D eigenvalue weighted by atomic mass is 16.5. The fourth-order valence-electron chi connectivity index (χ4n) is 2.94. The topological polar surface area (TPSA) is 83.9 Å². The molecule has 0 aliphatic rings. The fourth-order valence-corrected chi connectivity index (χ4v) is 2.94. The number of anilines is 1. The van der Waals surface area contributed by atoms with Gasteiger partial charge in [0.2, 0.25) is 0 Å². The highest BCUT2D eigenvalue weighted by Crippen LogP contribution is 2.23. The van der Waals surface area contributed by atoms with Gasteiger partial charge in [0.25, 0.3) is 5.91 Å². The minimum Gasteiger partial charge on any atom is -0.497 e. The first-order chi connectivity index (χ1) is 14.1. The predicted octanol–water partition coefficient (Wildman–Crippen LogP) is 3.42. The minimum atomic E-state index is -0.652. The standard InChI is InChI=1S/C22H23N3O4/c1-28-19-7-3-16(4-8-19)14-25(15-17-5-9-20(29-2)10-6-17)18-11-12-23-21(13-18)22(26)24-27/h3-13,27H,14-15H2,1-2H3,(H,24,26). The molecule has 0 fully saturated rings. The molecule has 7 heteroatoms. The molecule has 1 heterocycles. The Kier molecular flexibility index (Phi) is 6.65. The lowest BCUT2D eigenvalue weighted by Crippen LogP contribution is -2.24. The minimum absolute atomic E-state index is 0.138. The Labute approximate surface area is 169 Å². The normalized spacial score (nSPS) is 10.3. The summed E-state index contributed by atoms with van der Waals surface area (Å²) in [6, 6.07) is 19.2. The van der Waals surface area contributed by atoms with Gasteiger partial charge in [-0.15, -0.1) is 0 Å². The van der Waals surface area contributed by atoms with Crippen molar-refractivity contribution in [3.05, 3.63) is 83.7 Å². The van der Waals surface area contributed by atoms with Crippen molar-refractivity contribution in [2.45, 2.75) is 13.1 Å². The molecule has 29 heavy (non-hydrogen) atoms. The number of hydrogen-bond donors (Lipinski definition) is 2. The van der Waals surface area contributed by atoms with Gasteiger partial charge in [-0.3, -0.25) is 15.0 Å². The van der Waals surface area contributed by atoms with Crippen LogP contribution in [0.4, 0.5) is 5.69 Å². The van der Waals surface area contributed by atoms with Crippen molar-refractivity contribution in [3.63, 3.8) is 0 Å². The van der Waals surface area contributed by atoms with Gasteiger partial charge in [0, 0.05) is 25.0 Å². The van der Waals surface area contributed by atoms with Crippen LogP contribution < -0.4 is 19.9 Å². The van der Waals surface area contributed by atoms with E-state index in [4.69, 9.17) is 14.7 Å². The number of aromatic nitrogens is 1. The van der Waals surface area contributed by atoms with Crippen molar-refractivity contribution in [3.8, 4) is 11.5 Å². The summed E-state index contributed by atoms with van der Waals surface area (Å²) in [6.45, 7) is 1.22. The number of pyridine rings is 1. The summed E-state index contributed by atoms with van der Waals surface area (Å²) < 4.78 is 10.5.